The monoisotopic (exact) mass is 253 g/mol. The molecule has 0 aliphatic heterocycles. The number of nitrogens with two attached hydrogens (primary N) is 2. The van der Waals surface area contributed by atoms with Gasteiger partial charge in [0.1, 0.15) is 5.75 Å². The lowest BCUT2D eigenvalue weighted by molar-refractivity contribution is 0.104. The summed E-state index contributed by atoms with van der Waals surface area (Å²) in [5.74, 6) is -0.546. The topological polar surface area (TPSA) is 74.2 Å². The van der Waals surface area contributed by atoms with Gasteiger partial charge in [-0.05, 0) is 30.3 Å². The van der Waals surface area contributed by atoms with Crippen LogP contribution < -0.4 is 16.2 Å². The molecule has 19 heavy (non-hydrogen) atoms. The SMILES string of the molecule is CC(N)(N)Oc1ccc2nc3ccccc3cc2c1. The van der Waals surface area contributed by atoms with Crippen LogP contribution in [0.5, 0.6) is 5.75 Å². The number of benzene rings is 2. The fourth-order valence-corrected chi connectivity index (χ4v) is 2.08. The Balaban J connectivity index is 2.14. The van der Waals surface area contributed by atoms with E-state index in [-0.39, 0.29) is 0 Å². The predicted octanol–water partition coefficient (Wildman–Crippen LogP) is 2.36. The molecule has 0 unspecified atom stereocenters. The number of para-hydroxylation sites is 1. The summed E-state index contributed by atoms with van der Waals surface area (Å²) in [4.78, 5) is 4.60. The highest BCUT2D eigenvalue weighted by Crippen LogP contribution is 2.24. The minimum atomic E-state index is -1.18. The van der Waals surface area contributed by atoms with Gasteiger partial charge >= 0.3 is 0 Å². The molecule has 0 fully saturated rings. The molecule has 0 radical (unpaired) electrons. The highest BCUT2D eigenvalue weighted by Gasteiger charge is 2.13. The third-order valence-corrected chi connectivity index (χ3v) is 2.83. The number of hydrogen-bond acceptors (Lipinski definition) is 4. The van der Waals surface area contributed by atoms with Crippen LogP contribution >= 0.6 is 0 Å². The molecule has 0 amide bonds. The van der Waals surface area contributed by atoms with Crippen LogP contribution in [0, 0.1) is 0 Å². The fourth-order valence-electron chi connectivity index (χ4n) is 2.08. The fraction of sp³-hybridized carbons (Fsp3) is 0.133. The molecule has 3 rings (SSSR count). The summed E-state index contributed by atoms with van der Waals surface area (Å²) in [6.45, 7) is 1.61. The molecule has 4 nitrogen and oxygen atoms in total. The van der Waals surface area contributed by atoms with Gasteiger partial charge in [-0.15, -0.1) is 0 Å². The minimum Gasteiger partial charge on any atom is -0.460 e. The molecule has 0 atom stereocenters. The second-order valence-corrected chi connectivity index (χ2v) is 4.82. The lowest BCUT2D eigenvalue weighted by Gasteiger charge is -2.20. The smallest absolute Gasteiger partial charge is 0.209 e. The van der Waals surface area contributed by atoms with E-state index in [2.05, 4.69) is 11.1 Å². The molecule has 3 aromatic rings. The van der Waals surface area contributed by atoms with Crippen LogP contribution in [0.2, 0.25) is 0 Å². The van der Waals surface area contributed by atoms with Crippen molar-refractivity contribution in [3.05, 3.63) is 48.5 Å². The van der Waals surface area contributed by atoms with E-state index in [1.807, 2.05) is 42.5 Å². The zero-order valence-corrected chi connectivity index (χ0v) is 10.6. The van der Waals surface area contributed by atoms with E-state index in [4.69, 9.17) is 16.2 Å². The minimum absolute atomic E-state index is 0.636. The van der Waals surface area contributed by atoms with E-state index in [0.717, 1.165) is 21.8 Å². The van der Waals surface area contributed by atoms with E-state index in [1.54, 1.807) is 6.92 Å². The average molecular weight is 253 g/mol. The zero-order valence-electron chi connectivity index (χ0n) is 10.6. The normalized spacial score (nSPS) is 11.9. The van der Waals surface area contributed by atoms with Crippen molar-refractivity contribution in [3.63, 3.8) is 0 Å². The van der Waals surface area contributed by atoms with Gasteiger partial charge in [-0.3, -0.25) is 11.5 Å². The van der Waals surface area contributed by atoms with Gasteiger partial charge in [0.05, 0.1) is 11.0 Å². The highest BCUT2D eigenvalue weighted by molar-refractivity contribution is 5.93. The third kappa shape index (κ3) is 2.50. The molecule has 0 bridgehead atoms. The van der Waals surface area contributed by atoms with Gasteiger partial charge in [0, 0.05) is 17.7 Å². The lowest BCUT2D eigenvalue weighted by Crippen LogP contribution is -2.51. The number of rotatable bonds is 2. The standard InChI is InChI=1S/C15H15N3O/c1-15(16,17)19-12-6-7-14-11(9-12)8-10-4-2-3-5-13(10)18-14/h2-9H,16-17H2,1H3. The molecule has 0 spiro atoms. The summed E-state index contributed by atoms with van der Waals surface area (Å²) in [5, 5.41) is 2.09. The van der Waals surface area contributed by atoms with Gasteiger partial charge in [-0.25, -0.2) is 4.98 Å². The summed E-state index contributed by atoms with van der Waals surface area (Å²) in [6, 6.07) is 15.7. The number of fused-ring (bicyclic) bond motifs is 2. The molecule has 0 aliphatic carbocycles. The van der Waals surface area contributed by atoms with Crippen LogP contribution in [-0.2, 0) is 0 Å². The molecule has 4 heteroatoms. The Bertz CT molecular complexity index is 747. The number of aromatic nitrogens is 1. The first-order chi connectivity index (χ1) is 9.01. The van der Waals surface area contributed by atoms with Crippen molar-refractivity contribution in [1.29, 1.82) is 0 Å². The van der Waals surface area contributed by atoms with Crippen LogP contribution in [0.3, 0.4) is 0 Å². The van der Waals surface area contributed by atoms with Crippen LogP contribution in [0.25, 0.3) is 21.8 Å². The second-order valence-electron chi connectivity index (χ2n) is 4.82. The van der Waals surface area contributed by atoms with Crippen molar-refractivity contribution in [2.75, 3.05) is 0 Å². The van der Waals surface area contributed by atoms with Crippen LogP contribution in [0.1, 0.15) is 6.92 Å². The third-order valence-electron chi connectivity index (χ3n) is 2.83. The number of pyridine rings is 1. The van der Waals surface area contributed by atoms with Crippen LogP contribution in [0.15, 0.2) is 48.5 Å². The summed E-state index contributed by atoms with van der Waals surface area (Å²) in [6.07, 6.45) is 0. The summed E-state index contributed by atoms with van der Waals surface area (Å²) in [7, 11) is 0. The van der Waals surface area contributed by atoms with E-state index >= 15 is 0 Å². The summed E-state index contributed by atoms with van der Waals surface area (Å²) >= 11 is 0. The maximum absolute atomic E-state index is 5.64. The molecular formula is C15H15N3O. The second kappa shape index (κ2) is 4.19. The molecule has 0 aliphatic rings. The quantitative estimate of drug-likeness (QED) is 0.543. The Labute approximate surface area is 111 Å². The maximum atomic E-state index is 5.64. The van der Waals surface area contributed by atoms with Crippen molar-refractivity contribution in [3.8, 4) is 5.75 Å². The Morgan fingerprint density at radius 3 is 2.47 bits per heavy atom. The first-order valence-electron chi connectivity index (χ1n) is 6.08. The van der Waals surface area contributed by atoms with Crippen LogP contribution in [-0.4, -0.2) is 10.8 Å². The van der Waals surface area contributed by atoms with Crippen molar-refractivity contribution in [2.45, 2.75) is 12.8 Å². The Morgan fingerprint density at radius 1 is 0.947 bits per heavy atom. The van der Waals surface area contributed by atoms with Gasteiger partial charge in [0.15, 0.2) is 0 Å². The lowest BCUT2D eigenvalue weighted by atomic mass is 10.1. The van der Waals surface area contributed by atoms with Gasteiger partial charge in [0.25, 0.3) is 0 Å². The summed E-state index contributed by atoms with van der Waals surface area (Å²) < 4.78 is 5.45. The molecule has 2 aromatic carbocycles. The van der Waals surface area contributed by atoms with Crippen molar-refractivity contribution in [1.82, 2.24) is 4.98 Å². The van der Waals surface area contributed by atoms with Crippen molar-refractivity contribution in [2.24, 2.45) is 11.5 Å². The van der Waals surface area contributed by atoms with E-state index in [9.17, 15) is 0 Å². The number of nitrogens with zero attached hydrogens (tertiary/aromatic N) is 1. The number of hydrogen-bond donors (Lipinski definition) is 2. The Hall–Kier alpha value is -2.17. The zero-order chi connectivity index (χ0) is 13.5. The van der Waals surface area contributed by atoms with Gasteiger partial charge < -0.3 is 4.74 Å². The molecule has 1 heterocycles. The Morgan fingerprint density at radius 2 is 1.68 bits per heavy atom. The molecule has 96 valence electrons. The average Bonchev–Trinajstić information content (AvgIpc) is 2.34. The van der Waals surface area contributed by atoms with Gasteiger partial charge in [0.2, 0.25) is 5.85 Å². The van der Waals surface area contributed by atoms with Gasteiger partial charge in [-0.1, -0.05) is 18.2 Å². The molecule has 0 saturated heterocycles. The largest absolute Gasteiger partial charge is 0.460 e. The van der Waals surface area contributed by atoms with E-state index in [0.29, 0.717) is 5.75 Å². The first-order valence-corrected chi connectivity index (χ1v) is 6.08. The van der Waals surface area contributed by atoms with Crippen LogP contribution in [0.4, 0.5) is 0 Å². The molecular weight excluding hydrogens is 238 g/mol. The first kappa shape index (κ1) is 11.9. The number of ether oxygens (including phenoxy) is 1. The highest BCUT2D eigenvalue weighted by atomic mass is 16.5. The van der Waals surface area contributed by atoms with E-state index < -0.39 is 5.85 Å². The van der Waals surface area contributed by atoms with Gasteiger partial charge in [-0.2, -0.15) is 0 Å². The molecule has 0 saturated carbocycles. The predicted molar refractivity (Wildman–Crippen MR) is 76.7 cm³/mol. The maximum Gasteiger partial charge on any atom is 0.209 e. The summed E-state index contributed by atoms with van der Waals surface area (Å²) in [5.41, 5.74) is 13.2. The Kier molecular flexibility index (Phi) is 2.62. The van der Waals surface area contributed by atoms with Crippen molar-refractivity contribution < 1.29 is 4.74 Å². The molecule has 1 aromatic heterocycles. The molecule has 4 N–H and O–H groups in total. The van der Waals surface area contributed by atoms with Crippen molar-refractivity contribution >= 4 is 21.8 Å². The van der Waals surface area contributed by atoms with E-state index in [1.165, 1.54) is 0 Å².